The Bertz CT molecular complexity index is 819. The van der Waals surface area contributed by atoms with Crippen molar-refractivity contribution in [1.82, 2.24) is 9.78 Å². The molecule has 23 heavy (non-hydrogen) atoms. The van der Waals surface area contributed by atoms with Gasteiger partial charge in [-0.3, -0.25) is 4.99 Å². The van der Waals surface area contributed by atoms with Gasteiger partial charge in [0.15, 0.2) is 0 Å². The normalized spacial score (nSPS) is 13.3. The fraction of sp³-hybridized carbons (Fsp3) is 0.0625. The summed E-state index contributed by atoms with van der Waals surface area (Å²) >= 11 is 0. The zero-order chi connectivity index (χ0) is 16.2. The average Bonchev–Trinajstić information content (AvgIpc) is 2.77. The average molecular weight is 312 g/mol. The highest BCUT2D eigenvalue weighted by atomic mass is 19.1. The number of halogens is 1. The van der Waals surface area contributed by atoms with Gasteiger partial charge in [-0.1, -0.05) is 12.1 Å². The van der Waals surface area contributed by atoms with Crippen LogP contribution in [0.25, 0.3) is 5.70 Å². The number of amides is 1. The standard InChI is InChI=1S/C16H13FN4O2/c17-12-4-2-11(3-5-12)8-14-13(9-21(20-14)16(18)22)15-10-23-7-1-6-19-15/h1-7,9-10H,8H2,(H2,18,22). The maximum Gasteiger partial charge on any atom is 0.339 e. The molecule has 2 N–H and O–H groups in total. The van der Waals surface area contributed by atoms with Crippen molar-refractivity contribution in [2.24, 2.45) is 10.7 Å². The smallest absolute Gasteiger partial charge is 0.339 e. The molecule has 1 aliphatic heterocycles. The van der Waals surface area contributed by atoms with E-state index < -0.39 is 6.03 Å². The molecule has 0 aliphatic carbocycles. The van der Waals surface area contributed by atoms with Gasteiger partial charge in [0.25, 0.3) is 0 Å². The van der Waals surface area contributed by atoms with E-state index in [1.165, 1.54) is 30.9 Å². The summed E-state index contributed by atoms with van der Waals surface area (Å²) in [6, 6.07) is 5.36. The second-order valence-electron chi connectivity index (χ2n) is 4.82. The van der Waals surface area contributed by atoms with Gasteiger partial charge in [-0.05, 0) is 23.8 Å². The monoisotopic (exact) mass is 312 g/mol. The Balaban J connectivity index is 1.99. The van der Waals surface area contributed by atoms with E-state index in [0.717, 1.165) is 10.2 Å². The molecule has 0 spiro atoms. The van der Waals surface area contributed by atoms with Crippen molar-refractivity contribution in [2.75, 3.05) is 0 Å². The molecule has 1 aromatic carbocycles. The van der Waals surface area contributed by atoms with Gasteiger partial charge in [0.05, 0.1) is 12.0 Å². The van der Waals surface area contributed by atoms with Crippen LogP contribution in [0.1, 0.15) is 16.8 Å². The molecular formula is C16H13FN4O2. The van der Waals surface area contributed by atoms with E-state index in [2.05, 4.69) is 10.1 Å². The van der Waals surface area contributed by atoms with Gasteiger partial charge in [0, 0.05) is 24.4 Å². The first-order valence-corrected chi connectivity index (χ1v) is 6.81. The van der Waals surface area contributed by atoms with E-state index in [9.17, 15) is 9.18 Å². The molecule has 2 aromatic rings. The fourth-order valence-corrected chi connectivity index (χ4v) is 2.13. The van der Waals surface area contributed by atoms with Gasteiger partial charge in [-0.25, -0.2) is 9.18 Å². The highest BCUT2D eigenvalue weighted by molar-refractivity contribution is 5.82. The van der Waals surface area contributed by atoms with Crippen LogP contribution in [-0.2, 0) is 11.2 Å². The summed E-state index contributed by atoms with van der Waals surface area (Å²) in [6.45, 7) is 0. The van der Waals surface area contributed by atoms with Gasteiger partial charge in [0.2, 0.25) is 0 Å². The van der Waals surface area contributed by atoms with Crippen LogP contribution in [0.4, 0.5) is 9.18 Å². The predicted molar refractivity (Wildman–Crippen MR) is 83.1 cm³/mol. The first-order chi connectivity index (χ1) is 11.1. The molecule has 116 valence electrons. The number of allylic oxidation sites excluding steroid dienone is 1. The van der Waals surface area contributed by atoms with E-state index in [-0.39, 0.29) is 5.82 Å². The number of aromatic nitrogens is 2. The molecule has 0 saturated carbocycles. The summed E-state index contributed by atoms with van der Waals surface area (Å²) in [6.07, 6.45) is 8.05. The number of primary amides is 1. The molecule has 0 unspecified atom stereocenters. The minimum atomic E-state index is -0.700. The number of aliphatic imine (C=N–C) groups is 1. The van der Waals surface area contributed by atoms with Crippen LogP contribution in [0, 0.1) is 5.82 Å². The summed E-state index contributed by atoms with van der Waals surface area (Å²) in [4.78, 5) is 15.6. The molecule has 3 rings (SSSR count). The van der Waals surface area contributed by atoms with Crippen LogP contribution in [0.5, 0.6) is 0 Å². The minimum Gasteiger partial charge on any atom is -0.470 e. The Hall–Kier alpha value is -3.22. The Labute approximate surface area is 131 Å². The summed E-state index contributed by atoms with van der Waals surface area (Å²) in [5.74, 6) is -0.313. The molecule has 1 aliphatic rings. The van der Waals surface area contributed by atoms with Crippen molar-refractivity contribution in [3.8, 4) is 0 Å². The van der Waals surface area contributed by atoms with Gasteiger partial charge in [-0.2, -0.15) is 9.78 Å². The lowest BCUT2D eigenvalue weighted by Crippen LogP contribution is -2.20. The van der Waals surface area contributed by atoms with E-state index in [4.69, 9.17) is 10.5 Å². The van der Waals surface area contributed by atoms with E-state index in [1.807, 2.05) is 0 Å². The minimum absolute atomic E-state index is 0.313. The third-order valence-electron chi connectivity index (χ3n) is 3.21. The fourth-order valence-electron chi connectivity index (χ4n) is 2.13. The summed E-state index contributed by atoms with van der Waals surface area (Å²) in [5.41, 5.74) is 7.85. The van der Waals surface area contributed by atoms with Crippen LogP contribution < -0.4 is 5.73 Å². The van der Waals surface area contributed by atoms with Crippen LogP contribution in [0.2, 0.25) is 0 Å². The second-order valence-corrected chi connectivity index (χ2v) is 4.82. The number of rotatable bonds is 3. The van der Waals surface area contributed by atoms with Crippen molar-refractivity contribution >= 4 is 17.9 Å². The summed E-state index contributed by atoms with van der Waals surface area (Å²) in [7, 11) is 0. The van der Waals surface area contributed by atoms with E-state index >= 15 is 0 Å². The van der Waals surface area contributed by atoms with Crippen molar-refractivity contribution in [2.45, 2.75) is 6.42 Å². The zero-order valence-corrected chi connectivity index (χ0v) is 12.0. The van der Waals surface area contributed by atoms with E-state index in [0.29, 0.717) is 23.4 Å². The first-order valence-electron chi connectivity index (χ1n) is 6.81. The van der Waals surface area contributed by atoms with Gasteiger partial charge < -0.3 is 10.5 Å². The van der Waals surface area contributed by atoms with Gasteiger partial charge >= 0.3 is 6.03 Å². The highest BCUT2D eigenvalue weighted by Gasteiger charge is 2.16. The lowest BCUT2D eigenvalue weighted by atomic mass is 10.1. The molecule has 2 heterocycles. The maximum atomic E-state index is 13.0. The topological polar surface area (TPSA) is 82.5 Å². The van der Waals surface area contributed by atoms with Crippen LogP contribution in [0.15, 0.2) is 54.1 Å². The van der Waals surface area contributed by atoms with Gasteiger partial charge in [0.1, 0.15) is 17.8 Å². The molecule has 0 bridgehead atoms. The molecule has 0 atom stereocenters. The number of carbonyl (C=O) groups excluding carboxylic acids is 1. The third-order valence-corrected chi connectivity index (χ3v) is 3.21. The van der Waals surface area contributed by atoms with Crippen LogP contribution in [0.3, 0.4) is 0 Å². The Morgan fingerprint density at radius 2 is 2.09 bits per heavy atom. The highest BCUT2D eigenvalue weighted by Crippen LogP contribution is 2.23. The van der Waals surface area contributed by atoms with Gasteiger partial charge in [-0.15, -0.1) is 0 Å². The quantitative estimate of drug-likeness (QED) is 0.945. The Morgan fingerprint density at radius 1 is 1.30 bits per heavy atom. The van der Waals surface area contributed by atoms with Crippen LogP contribution in [-0.4, -0.2) is 22.0 Å². The first kappa shape index (κ1) is 14.7. The predicted octanol–water partition coefficient (Wildman–Crippen LogP) is 2.45. The maximum absolute atomic E-state index is 13.0. The summed E-state index contributed by atoms with van der Waals surface area (Å²) < 4.78 is 19.2. The molecule has 6 nitrogen and oxygen atoms in total. The second kappa shape index (κ2) is 6.27. The van der Waals surface area contributed by atoms with E-state index in [1.54, 1.807) is 24.4 Å². The number of hydrogen-bond acceptors (Lipinski definition) is 4. The molecule has 1 amide bonds. The number of nitrogens with two attached hydrogens (primary N) is 1. The lowest BCUT2D eigenvalue weighted by Gasteiger charge is -2.03. The third kappa shape index (κ3) is 3.34. The molecule has 1 aromatic heterocycles. The molecule has 0 fully saturated rings. The van der Waals surface area contributed by atoms with Crippen molar-refractivity contribution < 1.29 is 13.9 Å². The zero-order valence-electron chi connectivity index (χ0n) is 12.0. The Kier molecular flexibility index (Phi) is 4.01. The largest absolute Gasteiger partial charge is 0.470 e. The number of carbonyl (C=O) groups is 1. The number of benzene rings is 1. The number of ether oxygens (including phenoxy) is 1. The van der Waals surface area contributed by atoms with Crippen molar-refractivity contribution in [1.29, 1.82) is 0 Å². The number of hydrogen-bond donors (Lipinski definition) is 1. The molecular weight excluding hydrogens is 299 g/mol. The SMILES string of the molecule is NC(=O)n1cc(C2=COC=CC=N2)c(Cc2ccc(F)cc2)n1. The van der Waals surface area contributed by atoms with Crippen molar-refractivity contribution in [3.63, 3.8) is 0 Å². The molecule has 0 saturated heterocycles. The summed E-state index contributed by atoms with van der Waals surface area (Å²) in [5, 5.41) is 4.19. The lowest BCUT2D eigenvalue weighted by molar-refractivity contribution is 0.247. The molecule has 0 radical (unpaired) electrons. The molecule has 7 heteroatoms. The Morgan fingerprint density at radius 3 is 2.83 bits per heavy atom. The van der Waals surface area contributed by atoms with Crippen LogP contribution >= 0.6 is 0 Å². The van der Waals surface area contributed by atoms with Crippen molar-refractivity contribution in [3.05, 3.63) is 71.7 Å². The number of nitrogens with zero attached hydrogens (tertiary/aromatic N) is 3.